The Balaban J connectivity index is 1.81. The highest BCUT2D eigenvalue weighted by Crippen LogP contribution is 2.33. The third-order valence-electron chi connectivity index (χ3n) is 4.02. The summed E-state index contributed by atoms with van der Waals surface area (Å²) < 4.78 is 10.8. The summed E-state index contributed by atoms with van der Waals surface area (Å²) in [4.78, 5) is 10.7. The van der Waals surface area contributed by atoms with Crippen LogP contribution >= 0.6 is 23.2 Å². The van der Waals surface area contributed by atoms with Gasteiger partial charge in [0.05, 0.1) is 21.6 Å². The number of fused-ring (bicyclic) bond motifs is 1. The second-order valence-electron chi connectivity index (χ2n) is 5.74. The number of halogens is 2. The average Bonchev–Trinajstić information content (AvgIpc) is 2.61. The zero-order valence-corrected chi connectivity index (χ0v) is 14.9. The molecule has 3 rings (SSSR count). The second-order valence-corrected chi connectivity index (χ2v) is 6.55. The van der Waals surface area contributed by atoms with Crippen molar-refractivity contribution in [3.05, 3.63) is 67.2 Å². The standard InChI is InChI=1S/C17H16Cl2N2O4/c1-10(11-2-3-15(18)16(19)6-11)20-7-12-4-14(21(22)23)5-13-8-24-9-25-17(12)13/h2-6,10,20H,7-9H2,1H3. The van der Waals surface area contributed by atoms with Gasteiger partial charge in [-0.25, -0.2) is 0 Å². The van der Waals surface area contributed by atoms with Gasteiger partial charge in [0.15, 0.2) is 6.79 Å². The number of non-ortho nitro benzene ring substituents is 1. The zero-order chi connectivity index (χ0) is 18.0. The SMILES string of the molecule is CC(NCc1cc([N+](=O)[O-])cc2c1OCOC2)c1ccc(Cl)c(Cl)c1. The predicted octanol–water partition coefficient (Wildman–Crippen LogP) is 4.62. The van der Waals surface area contributed by atoms with Crippen LogP contribution in [0.2, 0.25) is 10.0 Å². The first-order valence-corrected chi connectivity index (χ1v) is 8.40. The molecule has 0 spiro atoms. The Hall–Kier alpha value is -1.86. The molecule has 0 fully saturated rings. The predicted molar refractivity (Wildman–Crippen MR) is 95.1 cm³/mol. The Morgan fingerprint density at radius 1 is 1.28 bits per heavy atom. The van der Waals surface area contributed by atoms with E-state index >= 15 is 0 Å². The number of nitro groups is 1. The van der Waals surface area contributed by atoms with E-state index in [0.717, 1.165) is 11.1 Å². The van der Waals surface area contributed by atoms with Crippen molar-refractivity contribution in [3.8, 4) is 5.75 Å². The number of rotatable bonds is 5. The number of hydrogen-bond donors (Lipinski definition) is 1. The summed E-state index contributed by atoms with van der Waals surface area (Å²) in [6.07, 6.45) is 0. The van der Waals surface area contributed by atoms with E-state index in [9.17, 15) is 10.1 Å². The van der Waals surface area contributed by atoms with E-state index in [2.05, 4.69) is 5.32 Å². The molecular weight excluding hydrogens is 367 g/mol. The van der Waals surface area contributed by atoms with Crippen LogP contribution < -0.4 is 10.1 Å². The van der Waals surface area contributed by atoms with Crippen molar-refractivity contribution in [1.29, 1.82) is 0 Å². The normalized spacial score (nSPS) is 14.5. The van der Waals surface area contributed by atoms with Crippen LogP contribution in [0.3, 0.4) is 0 Å². The van der Waals surface area contributed by atoms with Gasteiger partial charge in [-0.1, -0.05) is 29.3 Å². The number of nitro benzene ring substituents is 1. The van der Waals surface area contributed by atoms with E-state index in [1.54, 1.807) is 12.1 Å². The Kier molecular flexibility index (Phi) is 5.44. The minimum absolute atomic E-state index is 0.0202. The van der Waals surface area contributed by atoms with Crippen LogP contribution in [0.5, 0.6) is 5.75 Å². The van der Waals surface area contributed by atoms with Crippen LogP contribution in [0.1, 0.15) is 29.7 Å². The van der Waals surface area contributed by atoms with Crippen LogP contribution in [0.15, 0.2) is 30.3 Å². The van der Waals surface area contributed by atoms with E-state index in [4.69, 9.17) is 32.7 Å². The lowest BCUT2D eigenvalue weighted by Crippen LogP contribution is -2.21. The van der Waals surface area contributed by atoms with Crippen molar-refractivity contribution in [2.45, 2.75) is 26.1 Å². The average molecular weight is 383 g/mol. The summed E-state index contributed by atoms with van der Waals surface area (Å²) in [5.74, 6) is 0.644. The van der Waals surface area contributed by atoms with Gasteiger partial charge in [-0.05, 0) is 24.6 Å². The van der Waals surface area contributed by atoms with Gasteiger partial charge < -0.3 is 14.8 Å². The van der Waals surface area contributed by atoms with Gasteiger partial charge in [0.1, 0.15) is 5.75 Å². The van der Waals surface area contributed by atoms with Gasteiger partial charge >= 0.3 is 0 Å². The summed E-state index contributed by atoms with van der Waals surface area (Å²) in [6.45, 7) is 2.82. The van der Waals surface area contributed by atoms with Gasteiger partial charge in [-0.3, -0.25) is 10.1 Å². The molecule has 1 atom stereocenters. The van der Waals surface area contributed by atoms with Gasteiger partial charge in [0.25, 0.3) is 5.69 Å². The van der Waals surface area contributed by atoms with Crippen molar-refractivity contribution in [3.63, 3.8) is 0 Å². The van der Waals surface area contributed by atoms with E-state index in [1.165, 1.54) is 12.1 Å². The molecule has 2 aromatic rings. The third kappa shape index (κ3) is 4.04. The van der Waals surface area contributed by atoms with Gasteiger partial charge in [-0.2, -0.15) is 0 Å². The highest BCUT2D eigenvalue weighted by atomic mass is 35.5. The summed E-state index contributed by atoms with van der Waals surface area (Å²) in [7, 11) is 0. The summed E-state index contributed by atoms with van der Waals surface area (Å²) in [5, 5.41) is 15.5. The molecule has 1 heterocycles. The molecule has 132 valence electrons. The van der Waals surface area contributed by atoms with Crippen molar-refractivity contribution >= 4 is 28.9 Å². The highest BCUT2D eigenvalue weighted by molar-refractivity contribution is 6.42. The first-order valence-electron chi connectivity index (χ1n) is 7.64. The second kappa shape index (κ2) is 7.58. The first-order chi connectivity index (χ1) is 12.0. The topological polar surface area (TPSA) is 73.6 Å². The molecule has 0 aliphatic carbocycles. The molecule has 0 amide bonds. The van der Waals surface area contributed by atoms with Crippen molar-refractivity contribution in [2.24, 2.45) is 0 Å². The Labute approximate surface area is 154 Å². The number of nitrogens with one attached hydrogen (secondary N) is 1. The maximum absolute atomic E-state index is 11.1. The number of nitrogens with zero attached hydrogens (tertiary/aromatic N) is 1. The molecule has 1 unspecified atom stereocenters. The Morgan fingerprint density at radius 2 is 2.08 bits per heavy atom. The smallest absolute Gasteiger partial charge is 0.270 e. The largest absolute Gasteiger partial charge is 0.467 e. The Morgan fingerprint density at radius 3 is 2.80 bits per heavy atom. The maximum Gasteiger partial charge on any atom is 0.270 e. The lowest BCUT2D eigenvalue weighted by Gasteiger charge is -2.22. The fraction of sp³-hybridized carbons (Fsp3) is 0.294. The summed E-state index contributed by atoms with van der Waals surface area (Å²) in [6, 6.07) is 8.42. The number of hydrogen-bond acceptors (Lipinski definition) is 5. The molecule has 1 aliphatic heterocycles. The monoisotopic (exact) mass is 382 g/mol. The van der Waals surface area contributed by atoms with Gasteiger partial charge in [0, 0.05) is 35.8 Å². The fourth-order valence-corrected chi connectivity index (χ4v) is 2.99. The van der Waals surface area contributed by atoms with Crippen LogP contribution in [0, 0.1) is 10.1 Å². The molecule has 0 aromatic heterocycles. The van der Waals surface area contributed by atoms with Gasteiger partial charge in [0.2, 0.25) is 0 Å². The van der Waals surface area contributed by atoms with Crippen molar-refractivity contribution < 1.29 is 14.4 Å². The van der Waals surface area contributed by atoms with Crippen LogP contribution in [-0.4, -0.2) is 11.7 Å². The minimum Gasteiger partial charge on any atom is -0.467 e. The van der Waals surface area contributed by atoms with Crippen LogP contribution in [0.4, 0.5) is 5.69 Å². The zero-order valence-electron chi connectivity index (χ0n) is 13.4. The third-order valence-corrected chi connectivity index (χ3v) is 4.76. The molecule has 1 aliphatic rings. The number of benzene rings is 2. The summed E-state index contributed by atoms with van der Waals surface area (Å²) in [5.41, 5.74) is 2.39. The molecule has 8 heteroatoms. The molecule has 0 saturated carbocycles. The van der Waals surface area contributed by atoms with E-state index in [0.29, 0.717) is 34.5 Å². The lowest BCUT2D eigenvalue weighted by atomic mass is 10.1. The highest BCUT2D eigenvalue weighted by Gasteiger charge is 2.21. The minimum atomic E-state index is -0.416. The maximum atomic E-state index is 11.1. The van der Waals surface area contributed by atoms with Crippen molar-refractivity contribution in [1.82, 2.24) is 5.32 Å². The Bertz CT molecular complexity index is 813. The molecular formula is C17H16Cl2N2O4. The lowest BCUT2D eigenvalue weighted by molar-refractivity contribution is -0.385. The van der Waals surface area contributed by atoms with Crippen molar-refractivity contribution in [2.75, 3.05) is 6.79 Å². The first kappa shape index (κ1) is 17.9. The van der Waals surface area contributed by atoms with Crippen LogP contribution in [-0.2, 0) is 17.9 Å². The molecule has 1 N–H and O–H groups in total. The van der Waals surface area contributed by atoms with Crippen LogP contribution in [0.25, 0.3) is 0 Å². The van der Waals surface area contributed by atoms with E-state index < -0.39 is 4.92 Å². The van der Waals surface area contributed by atoms with E-state index in [-0.39, 0.29) is 18.5 Å². The molecule has 25 heavy (non-hydrogen) atoms. The fourth-order valence-electron chi connectivity index (χ4n) is 2.68. The molecule has 6 nitrogen and oxygen atoms in total. The van der Waals surface area contributed by atoms with Gasteiger partial charge in [-0.15, -0.1) is 0 Å². The van der Waals surface area contributed by atoms with E-state index in [1.807, 2.05) is 13.0 Å². The molecule has 0 radical (unpaired) electrons. The quantitative estimate of drug-likeness (QED) is 0.603. The molecule has 0 bridgehead atoms. The molecule has 2 aromatic carbocycles. The number of ether oxygens (including phenoxy) is 2. The molecule has 0 saturated heterocycles. The summed E-state index contributed by atoms with van der Waals surface area (Å²) >= 11 is 12.0.